The number of likely N-dealkylation sites (tertiary alicyclic amines) is 1. The molecule has 0 bridgehead atoms. The SMILES string of the molecule is CCNC(=NCC(c1ccc(F)cc1)N1CCOCC1)N1CCC(C(=O)OCC)CC1. The molecule has 3 rings (SSSR count). The average molecular weight is 435 g/mol. The van der Waals surface area contributed by atoms with Crippen LogP contribution in [0, 0.1) is 11.7 Å². The first-order valence-electron chi connectivity index (χ1n) is 11.4. The van der Waals surface area contributed by atoms with Crippen molar-refractivity contribution in [1.82, 2.24) is 15.1 Å². The molecular formula is C23H35FN4O3. The average Bonchev–Trinajstić information content (AvgIpc) is 2.80. The van der Waals surface area contributed by atoms with Crippen LogP contribution in [0.2, 0.25) is 0 Å². The summed E-state index contributed by atoms with van der Waals surface area (Å²) in [4.78, 5) is 21.6. The number of hydrogen-bond donors (Lipinski definition) is 1. The lowest BCUT2D eigenvalue weighted by Gasteiger charge is -2.36. The molecular weight excluding hydrogens is 399 g/mol. The van der Waals surface area contributed by atoms with Crippen molar-refractivity contribution in [1.29, 1.82) is 0 Å². The smallest absolute Gasteiger partial charge is 0.309 e. The highest BCUT2D eigenvalue weighted by Gasteiger charge is 2.28. The molecule has 2 aliphatic rings. The van der Waals surface area contributed by atoms with Gasteiger partial charge in [-0.05, 0) is 44.4 Å². The van der Waals surface area contributed by atoms with Gasteiger partial charge < -0.3 is 19.7 Å². The molecule has 0 aromatic heterocycles. The van der Waals surface area contributed by atoms with Crippen LogP contribution < -0.4 is 5.32 Å². The van der Waals surface area contributed by atoms with Gasteiger partial charge in [0.2, 0.25) is 0 Å². The predicted molar refractivity (Wildman–Crippen MR) is 118 cm³/mol. The Kier molecular flexibility index (Phi) is 9.09. The second kappa shape index (κ2) is 12.0. The number of hydrogen-bond acceptors (Lipinski definition) is 5. The maximum absolute atomic E-state index is 13.5. The zero-order valence-electron chi connectivity index (χ0n) is 18.7. The topological polar surface area (TPSA) is 66.4 Å². The number of halogens is 1. The second-order valence-corrected chi connectivity index (χ2v) is 7.92. The van der Waals surface area contributed by atoms with Crippen LogP contribution in [0.5, 0.6) is 0 Å². The number of rotatable bonds is 7. The minimum absolute atomic E-state index is 0.0283. The van der Waals surface area contributed by atoms with Crippen molar-refractivity contribution >= 4 is 11.9 Å². The number of aliphatic imine (C=N–C) groups is 1. The maximum atomic E-state index is 13.5. The summed E-state index contributed by atoms with van der Waals surface area (Å²) in [5.41, 5.74) is 1.06. The summed E-state index contributed by atoms with van der Waals surface area (Å²) in [5.74, 6) is 0.517. The van der Waals surface area contributed by atoms with Crippen LogP contribution in [-0.2, 0) is 14.3 Å². The summed E-state index contributed by atoms with van der Waals surface area (Å²) in [5, 5.41) is 3.40. The third-order valence-corrected chi connectivity index (χ3v) is 5.90. The van der Waals surface area contributed by atoms with E-state index in [0.717, 1.165) is 57.1 Å². The molecule has 1 unspecified atom stereocenters. The van der Waals surface area contributed by atoms with Crippen LogP contribution in [0.3, 0.4) is 0 Å². The molecule has 172 valence electrons. The van der Waals surface area contributed by atoms with Gasteiger partial charge in [0.05, 0.1) is 38.3 Å². The number of ether oxygens (including phenoxy) is 2. The van der Waals surface area contributed by atoms with Crippen LogP contribution >= 0.6 is 0 Å². The Balaban J connectivity index is 1.70. The number of esters is 1. The van der Waals surface area contributed by atoms with E-state index >= 15 is 0 Å². The Bertz CT molecular complexity index is 714. The van der Waals surface area contributed by atoms with Crippen LogP contribution in [0.25, 0.3) is 0 Å². The third kappa shape index (κ3) is 6.64. The van der Waals surface area contributed by atoms with E-state index in [1.165, 1.54) is 12.1 Å². The van der Waals surface area contributed by atoms with Crippen molar-refractivity contribution in [3.05, 3.63) is 35.6 Å². The Hall–Kier alpha value is -2.19. The Morgan fingerprint density at radius 2 is 1.87 bits per heavy atom. The summed E-state index contributed by atoms with van der Waals surface area (Å²) in [6.45, 7) is 10.3. The first-order valence-corrected chi connectivity index (χ1v) is 11.4. The molecule has 31 heavy (non-hydrogen) atoms. The first-order chi connectivity index (χ1) is 15.1. The van der Waals surface area contributed by atoms with Gasteiger partial charge in [-0.1, -0.05) is 12.1 Å². The Labute approximate surface area is 184 Å². The fourth-order valence-corrected chi connectivity index (χ4v) is 4.19. The minimum Gasteiger partial charge on any atom is -0.466 e. The van der Waals surface area contributed by atoms with Crippen molar-refractivity contribution in [2.75, 3.05) is 59.1 Å². The van der Waals surface area contributed by atoms with E-state index in [4.69, 9.17) is 14.5 Å². The van der Waals surface area contributed by atoms with E-state index < -0.39 is 0 Å². The maximum Gasteiger partial charge on any atom is 0.309 e. The largest absolute Gasteiger partial charge is 0.466 e. The molecule has 0 radical (unpaired) electrons. The van der Waals surface area contributed by atoms with Crippen LogP contribution in [0.1, 0.15) is 38.3 Å². The Morgan fingerprint density at radius 1 is 1.19 bits per heavy atom. The number of nitrogens with zero attached hydrogens (tertiary/aromatic N) is 3. The highest BCUT2D eigenvalue weighted by molar-refractivity contribution is 5.80. The van der Waals surface area contributed by atoms with E-state index in [1.807, 2.05) is 19.1 Å². The summed E-state index contributed by atoms with van der Waals surface area (Å²) >= 11 is 0. The molecule has 8 heteroatoms. The first kappa shape index (κ1) is 23.5. The van der Waals surface area contributed by atoms with E-state index in [-0.39, 0.29) is 23.7 Å². The van der Waals surface area contributed by atoms with Gasteiger partial charge >= 0.3 is 5.97 Å². The van der Waals surface area contributed by atoms with Crippen LogP contribution in [0.15, 0.2) is 29.3 Å². The number of guanidine groups is 1. The summed E-state index contributed by atoms with van der Waals surface area (Å²) < 4.78 is 24.2. The molecule has 7 nitrogen and oxygen atoms in total. The lowest BCUT2D eigenvalue weighted by Crippen LogP contribution is -2.47. The molecule has 2 saturated heterocycles. The number of piperidine rings is 1. The molecule has 1 aromatic rings. The van der Waals surface area contributed by atoms with Gasteiger partial charge in [0, 0.05) is 32.7 Å². The van der Waals surface area contributed by atoms with Gasteiger partial charge in [0.1, 0.15) is 5.82 Å². The number of carbonyl (C=O) groups is 1. The molecule has 2 heterocycles. The molecule has 1 atom stereocenters. The van der Waals surface area contributed by atoms with Gasteiger partial charge in [0.15, 0.2) is 5.96 Å². The molecule has 1 aromatic carbocycles. The lowest BCUT2D eigenvalue weighted by molar-refractivity contribution is -0.149. The Morgan fingerprint density at radius 3 is 2.48 bits per heavy atom. The lowest BCUT2D eigenvalue weighted by atomic mass is 9.97. The van der Waals surface area contributed by atoms with Crippen molar-refractivity contribution in [2.45, 2.75) is 32.7 Å². The van der Waals surface area contributed by atoms with E-state index in [0.29, 0.717) is 26.4 Å². The zero-order valence-corrected chi connectivity index (χ0v) is 18.7. The zero-order chi connectivity index (χ0) is 22.1. The number of nitrogens with one attached hydrogen (secondary N) is 1. The fourth-order valence-electron chi connectivity index (χ4n) is 4.19. The van der Waals surface area contributed by atoms with Crippen LogP contribution in [0.4, 0.5) is 4.39 Å². The van der Waals surface area contributed by atoms with Gasteiger partial charge in [-0.15, -0.1) is 0 Å². The molecule has 0 saturated carbocycles. The van der Waals surface area contributed by atoms with Crippen LogP contribution in [-0.4, -0.2) is 80.8 Å². The number of carbonyl (C=O) groups excluding carboxylic acids is 1. The molecule has 2 aliphatic heterocycles. The second-order valence-electron chi connectivity index (χ2n) is 7.92. The van der Waals surface area contributed by atoms with Gasteiger partial charge in [-0.3, -0.25) is 14.7 Å². The highest BCUT2D eigenvalue weighted by atomic mass is 19.1. The number of benzene rings is 1. The standard InChI is InChI=1S/C23H35FN4O3/c1-3-25-23(28-11-9-19(10-12-28)22(29)31-4-2)26-17-21(27-13-15-30-16-14-27)18-5-7-20(24)8-6-18/h5-8,19,21H,3-4,9-17H2,1-2H3,(H,25,26). The van der Waals surface area contributed by atoms with Crippen molar-refractivity contribution < 1.29 is 18.7 Å². The minimum atomic E-state index is -0.231. The van der Waals surface area contributed by atoms with Gasteiger partial charge in [-0.25, -0.2) is 4.39 Å². The summed E-state index contributed by atoms with van der Waals surface area (Å²) in [6, 6.07) is 6.79. The predicted octanol–water partition coefficient (Wildman–Crippen LogP) is 2.44. The molecule has 0 aliphatic carbocycles. The van der Waals surface area contributed by atoms with Gasteiger partial charge in [-0.2, -0.15) is 0 Å². The normalized spacial score (nSPS) is 19.8. The number of morpholine rings is 1. The highest BCUT2D eigenvalue weighted by Crippen LogP contribution is 2.24. The van der Waals surface area contributed by atoms with Crippen molar-refractivity contribution in [3.8, 4) is 0 Å². The third-order valence-electron chi connectivity index (χ3n) is 5.90. The van der Waals surface area contributed by atoms with Crippen molar-refractivity contribution in [2.24, 2.45) is 10.9 Å². The molecule has 0 amide bonds. The van der Waals surface area contributed by atoms with E-state index in [2.05, 4.69) is 22.0 Å². The molecule has 0 spiro atoms. The van der Waals surface area contributed by atoms with Gasteiger partial charge in [0.25, 0.3) is 0 Å². The van der Waals surface area contributed by atoms with Crippen molar-refractivity contribution in [3.63, 3.8) is 0 Å². The fraction of sp³-hybridized carbons (Fsp3) is 0.652. The van der Waals surface area contributed by atoms with E-state index in [1.54, 1.807) is 0 Å². The molecule has 1 N–H and O–H groups in total. The molecule has 2 fully saturated rings. The van der Waals surface area contributed by atoms with E-state index in [9.17, 15) is 9.18 Å². The summed E-state index contributed by atoms with van der Waals surface area (Å²) in [7, 11) is 0. The summed E-state index contributed by atoms with van der Waals surface area (Å²) in [6.07, 6.45) is 1.54. The monoisotopic (exact) mass is 434 g/mol. The quantitative estimate of drug-likeness (QED) is 0.404.